The summed E-state index contributed by atoms with van der Waals surface area (Å²) in [5.74, 6) is -1.41. The first-order chi connectivity index (χ1) is 8.85. The molecule has 1 aromatic carbocycles. The van der Waals surface area contributed by atoms with Crippen LogP contribution in [-0.2, 0) is 4.79 Å². The quantitative estimate of drug-likeness (QED) is 0.774. The molecule has 0 aromatic heterocycles. The number of benzene rings is 1. The van der Waals surface area contributed by atoms with Crippen LogP contribution in [0, 0.1) is 16.7 Å². The van der Waals surface area contributed by atoms with Gasteiger partial charge in [-0.1, -0.05) is 0 Å². The van der Waals surface area contributed by atoms with Gasteiger partial charge in [0.05, 0.1) is 17.2 Å². The van der Waals surface area contributed by atoms with Gasteiger partial charge in [0.1, 0.15) is 5.41 Å². The van der Waals surface area contributed by atoms with E-state index in [4.69, 9.17) is 5.26 Å². The second-order valence-electron chi connectivity index (χ2n) is 4.73. The molecule has 6 nitrogen and oxygen atoms in total. The number of carbonyl (C=O) groups excluding carboxylic acids is 3. The smallest absolute Gasteiger partial charge is 0.259 e. The summed E-state index contributed by atoms with van der Waals surface area (Å²) in [5, 5.41) is 13.6. The lowest BCUT2D eigenvalue weighted by Crippen LogP contribution is -2.29. The van der Waals surface area contributed by atoms with Crippen molar-refractivity contribution >= 4 is 23.4 Å². The summed E-state index contributed by atoms with van der Waals surface area (Å²) in [5.41, 5.74) is -0.297. The molecule has 0 bridgehead atoms. The molecule has 0 spiro atoms. The van der Waals surface area contributed by atoms with Crippen LogP contribution >= 0.6 is 0 Å². The molecule has 0 saturated carbocycles. The highest BCUT2D eigenvalue weighted by Gasteiger charge is 2.29. The van der Waals surface area contributed by atoms with Crippen LogP contribution in [-0.4, -0.2) is 17.7 Å². The highest BCUT2D eigenvalue weighted by molar-refractivity contribution is 6.22. The number of carbonyl (C=O) groups is 3. The molecule has 0 unspecified atom stereocenters. The van der Waals surface area contributed by atoms with Gasteiger partial charge in [-0.15, -0.1) is 0 Å². The van der Waals surface area contributed by atoms with Gasteiger partial charge in [-0.3, -0.25) is 19.7 Å². The van der Waals surface area contributed by atoms with Gasteiger partial charge in [0.25, 0.3) is 11.8 Å². The van der Waals surface area contributed by atoms with Crippen LogP contribution in [0.1, 0.15) is 34.6 Å². The van der Waals surface area contributed by atoms with Gasteiger partial charge in [-0.2, -0.15) is 5.26 Å². The number of hydrogen-bond acceptors (Lipinski definition) is 4. The van der Waals surface area contributed by atoms with Gasteiger partial charge in [0, 0.05) is 5.69 Å². The molecule has 6 heteroatoms. The Labute approximate surface area is 109 Å². The van der Waals surface area contributed by atoms with E-state index in [9.17, 15) is 14.4 Å². The Morgan fingerprint density at radius 2 is 1.89 bits per heavy atom. The molecule has 0 aliphatic carbocycles. The van der Waals surface area contributed by atoms with Gasteiger partial charge in [0.2, 0.25) is 5.91 Å². The van der Waals surface area contributed by atoms with Crippen molar-refractivity contribution < 1.29 is 14.4 Å². The molecule has 19 heavy (non-hydrogen) atoms. The molecule has 1 aliphatic heterocycles. The Hall–Kier alpha value is -2.68. The minimum absolute atomic E-state index is 0.220. The zero-order valence-corrected chi connectivity index (χ0v) is 10.4. The lowest BCUT2D eigenvalue weighted by Gasteiger charge is -2.15. The van der Waals surface area contributed by atoms with E-state index >= 15 is 0 Å². The summed E-state index contributed by atoms with van der Waals surface area (Å²) < 4.78 is 0. The Kier molecular flexibility index (Phi) is 2.83. The van der Waals surface area contributed by atoms with Crippen LogP contribution in [0.3, 0.4) is 0 Å². The zero-order valence-electron chi connectivity index (χ0n) is 10.4. The van der Waals surface area contributed by atoms with E-state index in [1.807, 2.05) is 6.07 Å². The third kappa shape index (κ3) is 2.18. The number of anilines is 1. The average molecular weight is 257 g/mol. The number of nitriles is 1. The normalized spacial score (nSPS) is 13.5. The Morgan fingerprint density at radius 3 is 2.53 bits per heavy atom. The molecular formula is C13H11N3O3. The maximum absolute atomic E-state index is 11.8. The average Bonchev–Trinajstić information content (AvgIpc) is 2.64. The first kappa shape index (κ1) is 12.8. The number of fused-ring (bicyclic) bond motifs is 1. The number of amides is 3. The predicted molar refractivity (Wildman–Crippen MR) is 66.3 cm³/mol. The van der Waals surface area contributed by atoms with Gasteiger partial charge in [-0.25, -0.2) is 0 Å². The van der Waals surface area contributed by atoms with Crippen molar-refractivity contribution in [2.45, 2.75) is 13.8 Å². The maximum Gasteiger partial charge on any atom is 0.259 e. The monoisotopic (exact) mass is 257 g/mol. The first-order valence-corrected chi connectivity index (χ1v) is 5.57. The van der Waals surface area contributed by atoms with Crippen molar-refractivity contribution in [3.63, 3.8) is 0 Å². The maximum atomic E-state index is 11.8. The molecule has 2 rings (SSSR count). The largest absolute Gasteiger partial charge is 0.325 e. The predicted octanol–water partition coefficient (Wildman–Crippen LogP) is 1.06. The van der Waals surface area contributed by atoms with E-state index in [0.29, 0.717) is 5.69 Å². The van der Waals surface area contributed by atoms with Crippen LogP contribution in [0.15, 0.2) is 18.2 Å². The van der Waals surface area contributed by atoms with Gasteiger partial charge in [0.15, 0.2) is 0 Å². The second-order valence-corrected chi connectivity index (χ2v) is 4.73. The van der Waals surface area contributed by atoms with Crippen LogP contribution < -0.4 is 10.6 Å². The molecule has 0 fully saturated rings. The minimum atomic E-state index is -1.17. The Bertz CT molecular complexity index is 641. The van der Waals surface area contributed by atoms with Crippen LogP contribution in [0.4, 0.5) is 5.69 Å². The van der Waals surface area contributed by atoms with E-state index in [0.717, 1.165) is 0 Å². The summed E-state index contributed by atoms with van der Waals surface area (Å²) in [7, 11) is 0. The third-order valence-corrected chi connectivity index (χ3v) is 2.84. The molecule has 96 valence electrons. The molecular weight excluding hydrogens is 246 g/mol. The van der Waals surface area contributed by atoms with Gasteiger partial charge in [-0.05, 0) is 32.0 Å². The van der Waals surface area contributed by atoms with Gasteiger partial charge < -0.3 is 5.32 Å². The van der Waals surface area contributed by atoms with Crippen LogP contribution in [0.5, 0.6) is 0 Å². The van der Waals surface area contributed by atoms with Crippen molar-refractivity contribution in [1.82, 2.24) is 5.32 Å². The van der Waals surface area contributed by atoms with E-state index in [1.165, 1.54) is 32.0 Å². The van der Waals surface area contributed by atoms with Crippen LogP contribution in [0.2, 0.25) is 0 Å². The van der Waals surface area contributed by atoms with Gasteiger partial charge >= 0.3 is 0 Å². The third-order valence-electron chi connectivity index (χ3n) is 2.84. The SMILES string of the molecule is CC(C)(C#N)C(=O)Nc1ccc2c(c1)C(=O)NC2=O. The lowest BCUT2D eigenvalue weighted by atomic mass is 9.94. The fraction of sp³-hybridized carbons (Fsp3) is 0.231. The van der Waals surface area contributed by atoms with E-state index < -0.39 is 23.1 Å². The van der Waals surface area contributed by atoms with E-state index in [2.05, 4.69) is 10.6 Å². The Morgan fingerprint density at radius 1 is 1.26 bits per heavy atom. The molecule has 0 atom stereocenters. The number of rotatable bonds is 2. The summed E-state index contributed by atoms with van der Waals surface area (Å²) in [6.07, 6.45) is 0. The van der Waals surface area contributed by atoms with E-state index in [1.54, 1.807) is 0 Å². The number of nitrogens with zero attached hydrogens (tertiary/aromatic N) is 1. The number of imide groups is 1. The van der Waals surface area contributed by atoms with Crippen molar-refractivity contribution in [2.24, 2.45) is 5.41 Å². The molecule has 0 radical (unpaired) electrons. The number of nitrogens with one attached hydrogen (secondary N) is 2. The topological polar surface area (TPSA) is 99.1 Å². The minimum Gasteiger partial charge on any atom is -0.325 e. The summed E-state index contributed by atoms with van der Waals surface area (Å²) >= 11 is 0. The van der Waals surface area contributed by atoms with Crippen LogP contribution in [0.25, 0.3) is 0 Å². The second kappa shape index (κ2) is 4.21. The van der Waals surface area contributed by atoms with Crippen molar-refractivity contribution in [1.29, 1.82) is 5.26 Å². The molecule has 1 heterocycles. The summed E-state index contributed by atoms with van der Waals surface area (Å²) in [6.45, 7) is 2.98. The molecule has 2 N–H and O–H groups in total. The molecule has 1 aliphatic rings. The zero-order chi connectivity index (χ0) is 14.2. The molecule has 0 saturated heterocycles. The highest BCUT2D eigenvalue weighted by atomic mass is 16.2. The summed E-state index contributed by atoms with van der Waals surface area (Å²) in [6, 6.07) is 6.28. The molecule has 1 aromatic rings. The van der Waals surface area contributed by atoms with Crippen molar-refractivity contribution in [3.05, 3.63) is 29.3 Å². The standard InChI is InChI=1S/C13H11N3O3/c1-13(2,6-14)12(19)15-7-3-4-8-9(5-7)11(18)16-10(8)17/h3-5H,1-2H3,(H,15,19)(H,16,17,18). The Balaban J connectivity index is 2.28. The fourth-order valence-electron chi connectivity index (χ4n) is 1.58. The highest BCUT2D eigenvalue weighted by Crippen LogP contribution is 2.22. The van der Waals surface area contributed by atoms with Crippen molar-refractivity contribution in [2.75, 3.05) is 5.32 Å². The lowest BCUT2D eigenvalue weighted by molar-refractivity contribution is -0.121. The summed E-state index contributed by atoms with van der Waals surface area (Å²) in [4.78, 5) is 34.6. The molecule has 3 amide bonds. The fourth-order valence-corrected chi connectivity index (χ4v) is 1.58. The number of hydrogen-bond donors (Lipinski definition) is 2. The first-order valence-electron chi connectivity index (χ1n) is 5.57. The van der Waals surface area contributed by atoms with Crippen molar-refractivity contribution in [3.8, 4) is 6.07 Å². The van der Waals surface area contributed by atoms with E-state index in [-0.39, 0.29) is 11.1 Å².